The van der Waals surface area contributed by atoms with Crippen LogP contribution in [-0.2, 0) is 4.74 Å². The first kappa shape index (κ1) is 6.66. The fourth-order valence-electron chi connectivity index (χ4n) is 2.04. The molecule has 0 bridgehead atoms. The molecule has 1 saturated carbocycles. The molecule has 3 atom stereocenters. The first-order valence-corrected chi connectivity index (χ1v) is 4.43. The summed E-state index contributed by atoms with van der Waals surface area (Å²) in [5, 5.41) is 0. The lowest BCUT2D eigenvalue weighted by Gasteiger charge is -2.22. The van der Waals surface area contributed by atoms with Gasteiger partial charge in [0.1, 0.15) is 0 Å². The van der Waals surface area contributed by atoms with Gasteiger partial charge < -0.3 is 4.74 Å². The van der Waals surface area contributed by atoms with Crippen LogP contribution in [0, 0.1) is 11.8 Å². The summed E-state index contributed by atoms with van der Waals surface area (Å²) in [6.45, 7) is 4.65. The van der Waals surface area contributed by atoms with Crippen molar-refractivity contribution in [3.8, 4) is 0 Å². The maximum atomic E-state index is 5.46. The Labute approximate surface area is 62.8 Å². The Balaban J connectivity index is 1.88. The maximum absolute atomic E-state index is 5.46. The maximum Gasteiger partial charge on any atom is 0.0844 e. The van der Waals surface area contributed by atoms with E-state index in [0.29, 0.717) is 12.2 Å². The molecule has 0 aromatic rings. The van der Waals surface area contributed by atoms with E-state index < -0.39 is 0 Å². The summed E-state index contributed by atoms with van der Waals surface area (Å²) in [5.74, 6) is 1.81. The van der Waals surface area contributed by atoms with E-state index in [0.717, 1.165) is 11.8 Å². The second-order valence-corrected chi connectivity index (χ2v) is 4.03. The molecule has 2 fully saturated rings. The van der Waals surface area contributed by atoms with Gasteiger partial charge in [0.25, 0.3) is 0 Å². The molecular weight excluding hydrogens is 124 g/mol. The molecule has 10 heavy (non-hydrogen) atoms. The van der Waals surface area contributed by atoms with Crippen molar-refractivity contribution >= 4 is 0 Å². The quantitative estimate of drug-likeness (QED) is 0.509. The Morgan fingerprint density at radius 2 is 2.00 bits per heavy atom. The van der Waals surface area contributed by atoms with Crippen LogP contribution >= 0.6 is 0 Å². The number of fused-ring (bicyclic) bond motifs is 1. The molecule has 0 unspecified atom stereocenters. The minimum atomic E-state index is 0.668. The third-order valence-corrected chi connectivity index (χ3v) is 2.99. The summed E-state index contributed by atoms with van der Waals surface area (Å²) < 4.78 is 5.46. The SMILES string of the molecule is CC(C)[C@@H]1CC[C@H]2O[C@H]2C1. The van der Waals surface area contributed by atoms with Crippen molar-refractivity contribution in [1.29, 1.82) is 0 Å². The zero-order valence-corrected chi connectivity index (χ0v) is 6.84. The fraction of sp³-hybridized carbons (Fsp3) is 1.00. The van der Waals surface area contributed by atoms with Crippen molar-refractivity contribution in [3.63, 3.8) is 0 Å². The summed E-state index contributed by atoms with van der Waals surface area (Å²) in [6.07, 6.45) is 5.41. The van der Waals surface area contributed by atoms with Gasteiger partial charge >= 0.3 is 0 Å². The van der Waals surface area contributed by atoms with Crippen LogP contribution < -0.4 is 0 Å². The summed E-state index contributed by atoms with van der Waals surface area (Å²) >= 11 is 0. The largest absolute Gasteiger partial charge is 0.370 e. The minimum absolute atomic E-state index is 0.668. The topological polar surface area (TPSA) is 12.5 Å². The predicted molar refractivity (Wildman–Crippen MR) is 40.8 cm³/mol. The molecule has 0 radical (unpaired) electrons. The third kappa shape index (κ3) is 1.07. The smallest absolute Gasteiger partial charge is 0.0844 e. The van der Waals surface area contributed by atoms with Crippen molar-refractivity contribution < 1.29 is 4.74 Å². The number of ether oxygens (including phenoxy) is 1. The van der Waals surface area contributed by atoms with Crippen molar-refractivity contribution in [1.82, 2.24) is 0 Å². The standard InChI is InChI=1S/C9H16O/c1-6(2)7-3-4-8-9(5-7)10-8/h6-9H,3-5H2,1-2H3/t7-,8-,9+/m1/s1. The zero-order valence-electron chi connectivity index (χ0n) is 6.84. The number of hydrogen-bond acceptors (Lipinski definition) is 1. The van der Waals surface area contributed by atoms with Gasteiger partial charge in [-0.3, -0.25) is 0 Å². The summed E-state index contributed by atoms with van der Waals surface area (Å²) in [5.41, 5.74) is 0. The second kappa shape index (κ2) is 2.23. The van der Waals surface area contributed by atoms with Crippen LogP contribution in [0.25, 0.3) is 0 Å². The van der Waals surface area contributed by atoms with Gasteiger partial charge in [0.15, 0.2) is 0 Å². The van der Waals surface area contributed by atoms with Crippen molar-refractivity contribution in [2.45, 2.75) is 45.3 Å². The normalized spacial score (nSPS) is 45.3. The second-order valence-electron chi connectivity index (χ2n) is 4.03. The first-order valence-electron chi connectivity index (χ1n) is 4.43. The number of epoxide rings is 1. The molecule has 0 amide bonds. The van der Waals surface area contributed by atoms with Gasteiger partial charge in [-0.05, 0) is 31.1 Å². The van der Waals surface area contributed by atoms with Crippen molar-refractivity contribution in [2.75, 3.05) is 0 Å². The molecule has 1 aliphatic heterocycles. The average Bonchev–Trinajstić information content (AvgIpc) is 2.63. The summed E-state index contributed by atoms with van der Waals surface area (Å²) in [6, 6.07) is 0. The van der Waals surface area contributed by atoms with Gasteiger partial charge in [0.05, 0.1) is 12.2 Å². The number of hydrogen-bond donors (Lipinski definition) is 0. The summed E-state index contributed by atoms with van der Waals surface area (Å²) in [4.78, 5) is 0. The fourth-order valence-corrected chi connectivity index (χ4v) is 2.04. The van der Waals surface area contributed by atoms with E-state index in [1.807, 2.05) is 0 Å². The molecule has 0 N–H and O–H groups in total. The molecule has 1 aliphatic carbocycles. The Bertz CT molecular complexity index is 131. The first-order chi connectivity index (χ1) is 4.77. The van der Waals surface area contributed by atoms with Crippen LogP contribution in [0.5, 0.6) is 0 Å². The van der Waals surface area contributed by atoms with Crippen molar-refractivity contribution in [2.24, 2.45) is 11.8 Å². The van der Waals surface area contributed by atoms with Gasteiger partial charge in [0.2, 0.25) is 0 Å². The van der Waals surface area contributed by atoms with E-state index in [2.05, 4.69) is 13.8 Å². The molecule has 1 heterocycles. The monoisotopic (exact) mass is 140 g/mol. The van der Waals surface area contributed by atoms with Gasteiger partial charge in [0, 0.05) is 0 Å². The van der Waals surface area contributed by atoms with E-state index in [1.165, 1.54) is 19.3 Å². The molecule has 1 heteroatoms. The van der Waals surface area contributed by atoms with Crippen LogP contribution in [0.15, 0.2) is 0 Å². The zero-order chi connectivity index (χ0) is 7.14. The Kier molecular flexibility index (Phi) is 1.48. The van der Waals surface area contributed by atoms with Crippen LogP contribution in [0.3, 0.4) is 0 Å². The molecule has 2 rings (SSSR count). The highest BCUT2D eigenvalue weighted by molar-refractivity contribution is 4.92. The van der Waals surface area contributed by atoms with E-state index in [4.69, 9.17) is 4.74 Å². The minimum Gasteiger partial charge on any atom is -0.370 e. The molecule has 1 nitrogen and oxygen atoms in total. The van der Waals surface area contributed by atoms with Gasteiger partial charge in [-0.25, -0.2) is 0 Å². The Morgan fingerprint density at radius 3 is 2.60 bits per heavy atom. The lowest BCUT2D eigenvalue weighted by atomic mass is 9.82. The molecule has 58 valence electrons. The van der Waals surface area contributed by atoms with Gasteiger partial charge in [-0.2, -0.15) is 0 Å². The summed E-state index contributed by atoms with van der Waals surface area (Å²) in [7, 11) is 0. The van der Waals surface area contributed by atoms with E-state index in [1.54, 1.807) is 0 Å². The van der Waals surface area contributed by atoms with Gasteiger partial charge in [-0.15, -0.1) is 0 Å². The Morgan fingerprint density at radius 1 is 1.20 bits per heavy atom. The highest BCUT2D eigenvalue weighted by atomic mass is 16.6. The van der Waals surface area contributed by atoms with Gasteiger partial charge in [-0.1, -0.05) is 13.8 Å². The lowest BCUT2D eigenvalue weighted by Crippen LogP contribution is -2.17. The lowest BCUT2D eigenvalue weighted by molar-refractivity contribution is 0.297. The highest BCUT2D eigenvalue weighted by Gasteiger charge is 2.44. The van der Waals surface area contributed by atoms with Crippen molar-refractivity contribution in [3.05, 3.63) is 0 Å². The van der Waals surface area contributed by atoms with Crippen LogP contribution in [0.4, 0.5) is 0 Å². The molecule has 0 spiro atoms. The Hall–Kier alpha value is -0.0400. The van der Waals surface area contributed by atoms with E-state index >= 15 is 0 Å². The predicted octanol–water partition coefficient (Wildman–Crippen LogP) is 2.21. The molecule has 2 aliphatic rings. The highest BCUT2D eigenvalue weighted by Crippen LogP contribution is 2.41. The molecule has 1 saturated heterocycles. The van der Waals surface area contributed by atoms with Crippen LogP contribution in [0.2, 0.25) is 0 Å². The molecule has 0 aromatic heterocycles. The van der Waals surface area contributed by atoms with E-state index in [-0.39, 0.29) is 0 Å². The molecular formula is C9H16O. The van der Waals surface area contributed by atoms with Crippen LogP contribution in [-0.4, -0.2) is 12.2 Å². The number of rotatable bonds is 1. The molecule has 0 aromatic carbocycles. The third-order valence-electron chi connectivity index (χ3n) is 2.99. The van der Waals surface area contributed by atoms with E-state index in [9.17, 15) is 0 Å². The van der Waals surface area contributed by atoms with Crippen LogP contribution in [0.1, 0.15) is 33.1 Å². The average molecular weight is 140 g/mol.